The zero-order valence-electron chi connectivity index (χ0n) is 15.1. The molecule has 3 rings (SSSR count). The van der Waals surface area contributed by atoms with Crippen LogP contribution in [-0.2, 0) is 10.9 Å². The van der Waals surface area contributed by atoms with E-state index < -0.39 is 17.7 Å². The molecule has 2 aromatic carbocycles. The number of alkyl halides is 3. The Balaban J connectivity index is 2.17. The Morgan fingerprint density at radius 3 is 2.61 bits per heavy atom. The standard InChI is InChI=1S/C20H17F3N2O3/c1-3-28-19(26)15-11-24-18-14(8-5-9-16(18)27-2)17(15)25-13-7-4-6-12(10-13)20(21,22)23/h4-11H,3H2,1-2H3,(H,24,25). The molecule has 0 aliphatic heterocycles. The Bertz CT molecular complexity index is 1020. The number of halogens is 3. The number of para-hydroxylation sites is 1. The molecule has 0 aliphatic carbocycles. The van der Waals surface area contributed by atoms with Gasteiger partial charge in [-0.05, 0) is 31.2 Å². The van der Waals surface area contributed by atoms with Gasteiger partial charge in [0.2, 0.25) is 0 Å². The van der Waals surface area contributed by atoms with Gasteiger partial charge in [0.05, 0.1) is 25.0 Å². The van der Waals surface area contributed by atoms with Gasteiger partial charge in [-0.1, -0.05) is 18.2 Å². The predicted octanol–water partition coefficient (Wildman–Crippen LogP) is 5.18. The zero-order chi connectivity index (χ0) is 20.3. The number of fused-ring (bicyclic) bond motifs is 1. The van der Waals surface area contributed by atoms with Crippen LogP contribution < -0.4 is 10.1 Å². The zero-order valence-corrected chi connectivity index (χ0v) is 15.1. The Labute approximate surface area is 159 Å². The van der Waals surface area contributed by atoms with Crippen LogP contribution in [0.5, 0.6) is 5.75 Å². The molecule has 0 aliphatic rings. The molecule has 0 unspecified atom stereocenters. The number of anilines is 2. The van der Waals surface area contributed by atoms with E-state index in [9.17, 15) is 18.0 Å². The number of aromatic nitrogens is 1. The number of methoxy groups -OCH3 is 1. The molecule has 0 atom stereocenters. The van der Waals surface area contributed by atoms with E-state index in [2.05, 4.69) is 10.3 Å². The number of hydrogen-bond donors (Lipinski definition) is 1. The molecule has 0 fully saturated rings. The van der Waals surface area contributed by atoms with Crippen LogP contribution >= 0.6 is 0 Å². The van der Waals surface area contributed by atoms with Crippen molar-refractivity contribution in [1.82, 2.24) is 4.98 Å². The molecule has 0 saturated heterocycles. The quantitative estimate of drug-likeness (QED) is 0.608. The van der Waals surface area contributed by atoms with Crippen molar-refractivity contribution in [3.63, 3.8) is 0 Å². The summed E-state index contributed by atoms with van der Waals surface area (Å²) in [6, 6.07) is 9.83. The van der Waals surface area contributed by atoms with E-state index >= 15 is 0 Å². The average Bonchev–Trinajstić information content (AvgIpc) is 2.67. The van der Waals surface area contributed by atoms with Crippen molar-refractivity contribution in [2.24, 2.45) is 0 Å². The summed E-state index contributed by atoms with van der Waals surface area (Å²) in [4.78, 5) is 16.6. The van der Waals surface area contributed by atoms with Crippen molar-refractivity contribution in [3.05, 3.63) is 59.8 Å². The summed E-state index contributed by atoms with van der Waals surface area (Å²) in [6.07, 6.45) is -3.16. The van der Waals surface area contributed by atoms with E-state index in [0.29, 0.717) is 22.3 Å². The number of benzene rings is 2. The fraction of sp³-hybridized carbons (Fsp3) is 0.200. The predicted molar refractivity (Wildman–Crippen MR) is 99.0 cm³/mol. The highest BCUT2D eigenvalue weighted by molar-refractivity contribution is 6.07. The second kappa shape index (κ2) is 7.75. The minimum atomic E-state index is -4.48. The lowest BCUT2D eigenvalue weighted by molar-refractivity contribution is -0.137. The first-order valence-electron chi connectivity index (χ1n) is 8.42. The molecule has 1 aromatic heterocycles. The summed E-state index contributed by atoms with van der Waals surface area (Å²) in [6.45, 7) is 1.81. The summed E-state index contributed by atoms with van der Waals surface area (Å²) in [5.41, 5.74) is 0.246. The second-order valence-corrected chi connectivity index (χ2v) is 5.83. The number of nitrogens with zero attached hydrogens (tertiary/aromatic N) is 1. The van der Waals surface area contributed by atoms with E-state index in [1.165, 1.54) is 25.4 Å². The highest BCUT2D eigenvalue weighted by atomic mass is 19.4. The number of rotatable bonds is 5. The molecular weight excluding hydrogens is 373 g/mol. The maximum atomic E-state index is 13.0. The molecule has 5 nitrogen and oxygen atoms in total. The van der Waals surface area contributed by atoms with E-state index in [0.717, 1.165) is 12.1 Å². The van der Waals surface area contributed by atoms with Crippen LogP contribution in [-0.4, -0.2) is 24.7 Å². The first-order chi connectivity index (χ1) is 13.3. The average molecular weight is 390 g/mol. The van der Waals surface area contributed by atoms with Crippen LogP contribution in [0.3, 0.4) is 0 Å². The molecule has 0 bridgehead atoms. The van der Waals surface area contributed by atoms with Crippen LogP contribution in [0.25, 0.3) is 10.9 Å². The number of hydrogen-bond acceptors (Lipinski definition) is 5. The minimum Gasteiger partial charge on any atom is -0.494 e. The lowest BCUT2D eigenvalue weighted by atomic mass is 10.1. The van der Waals surface area contributed by atoms with Gasteiger partial charge < -0.3 is 14.8 Å². The van der Waals surface area contributed by atoms with Gasteiger partial charge in [0.1, 0.15) is 16.8 Å². The summed E-state index contributed by atoms with van der Waals surface area (Å²) in [5, 5.41) is 3.44. The monoisotopic (exact) mass is 390 g/mol. The highest BCUT2D eigenvalue weighted by Gasteiger charge is 2.30. The lowest BCUT2D eigenvalue weighted by Crippen LogP contribution is -2.10. The van der Waals surface area contributed by atoms with Gasteiger partial charge >= 0.3 is 12.1 Å². The maximum absolute atomic E-state index is 13.0. The van der Waals surface area contributed by atoms with Gasteiger partial charge in [-0.2, -0.15) is 13.2 Å². The van der Waals surface area contributed by atoms with Gasteiger partial charge in [-0.25, -0.2) is 4.79 Å². The van der Waals surface area contributed by atoms with Gasteiger partial charge in [0, 0.05) is 17.3 Å². The third kappa shape index (κ3) is 3.85. The normalized spacial score (nSPS) is 11.3. The fourth-order valence-electron chi connectivity index (χ4n) is 2.78. The number of ether oxygens (including phenoxy) is 2. The summed E-state index contributed by atoms with van der Waals surface area (Å²) >= 11 is 0. The van der Waals surface area contributed by atoms with Gasteiger partial charge in [-0.15, -0.1) is 0 Å². The van der Waals surface area contributed by atoms with E-state index in [1.54, 1.807) is 25.1 Å². The Kier molecular flexibility index (Phi) is 5.39. The van der Waals surface area contributed by atoms with Crippen molar-refractivity contribution in [2.75, 3.05) is 19.0 Å². The molecular formula is C20H17F3N2O3. The number of carbonyl (C=O) groups is 1. The largest absolute Gasteiger partial charge is 0.494 e. The molecule has 3 aromatic rings. The number of carbonyl (C=O) groups excluding carboxylic acids is 1. The van der Waals surface area contributed by atoms with Crippen LogP contribution in [0.4, 0.5) is 24.5 Å². The van der Waals surface area contributed by atoms with Crippen LogP contribution in [0.15, 0.2) is 48.7 Å². The lowest BCUT2D eigenvalue weighted by Gasteiger charge is -2.16. The first-order valence-corrected chi connectivity index (χ1v) is 8.42. The third-order valence-corrected chi connectivity index (χ3v) is 4.03. The molecule has 146 valence electrons. The van der Waals surface area contributed by atoms with Crippen LogP contribution in [0.1, 0.15) is 22.8 Å². The van der Waals surface area contributed by atoms with Gasteiger partial charge in [0.15, 0.2) is 0 Å². The smallest absolute Gasteiger partial charge is 0.416 e. The number of esters is 1. The summed E-state index contributed by atoms with van der Waals surface area (Å²) in [7, 11) is 1.48. The Morgan fingerprint density at radius 2 is 1.93 bits per heavy atom. The molecule has 0 amide bonds. The van der Waals surface area contributed by atoms with E-state index in [-0.39, 0.29) is 17.9 Å². The van der Waals surface area contributed by atoms with E-state index in [1.807, 2.05) is 0 Å². The molecule has 8 heteroatoms. The topological polar surface area (TPSA) is 60.5 Å². The van der Waals surface area contributed by atoms with E-state index in [4.69, 9.17) is 9.47 Å². The molecule has 0 radical (unpaired) electrons. The summed E-state index contributed by atoms with van der Waals surface area (Å²) < 4.78 is 49.5. The molecule has 28 heavy (non-hydrogen) atoms. The molecule has 1 N–H and O–H groups in total. The first kappa shape index (κ1) is 19.5. The van der Waals surface area contributed by atoms with Crippen LogP contribution in [0.2, 0.25) is 0 Å². The Morgan fingerprint density at radius 1 is 1.18 bits per heavy atom. The SMILES string of the molecule is CCOC(=O)c1cnc2c(OC)cccc2c1Nc1cccc(C(F)(F)F)c1. The van der Waals surface area contributed by atoms with Crippen molar-refractivity contribution in [1.29, 1.82) is 0 Å². The summed E-state index contributed by atoms with van der Waals surface area (Å²) in [5.74, 6) is -0.158. The van der Waals surface area contributed by atoms with Crippen molar-refractivity contribution in [2.45, 2.75) is 13.1 Å². The minimum absolute atomic E-state index is 0.111. The molecule has 0 spiro atoms. The van der Waals surface area contributed by atoms with Gasteiger partial charge in [0.25, 0.3) is 0 Å². The van der Waals surface area contributed by atoms with Crippen LogP contribution in [0, 0.1) is 0 Å². The highest BCUT2D eigenvalue weighted by Crippen LogP contribution is 2.35. The fourth-order valence-corrected chi connectivity index (χ4v) is 2.78. The second-order valence-electron chi connectivity index (χ2n) is 5.83. The molecule has 1 heterocycles. The number of nitrogens with one attached hydrogen (secondary N) is 1. The third-order valence-electron chi connectivity index (χ3n) is 4.03. The van der Waals surface area contributed by atoms with Crippen molar-refractivity contribution < 1.29 is 27.4 Å². The van der Waals surface area contributed by atoms with Gasteiger partial charge in [-0.3, -0.25) is 4.98 Å². The van der Waals surface area contributed by atoms with Crippen molar-refractivity contribution >= 4 is 28.2 Å². The maximum Gasteiger partial charge on any atom is 0.416 e. The van der Waals surface area contributed by atoms with Crippen molar-refractivity contribution in [3.8, 4) is 5.75 Å². The number of pyridine rings is 1. The Hall–Kier alpha value is -3.29. The molecule has 0 saturated carbocycles.